The largest absolute Gasteiger partial charge is 0.269 e. The zero-order valence-corrected chi connectivity index (χ0v) is 24.2. The maximum atomic E-state index is 14.5. The van der Waals surface area contributed by atoms with Crippen molar-refractivity contribution in [3.8, 4) is 0 Å². The molecule has 0 amide bonds. The third kappa shape index (κ3) is 5.25. The quantitative estimate of drug-likeness (QED) is 0.248. The molecule has 2 aromatic rings. The number of halogens is 2. The van der Waals surface area contributed by atoms with E-state index < -0.39 is 21.7 Å². The van der Waals surface area contributed by atoms with E-state index in [2.05, 4.69) is 42.7 Å². The minimum atomic E-state index is -3.75. The Kier molecular flexibility index (Phi) is 8.77. The van der Waals surface area contributed by atoms with E-state index in [0.29, 0.717) is 30.9 Å². The summed E-state index contributed by atoms with van der Waals surface area (Å²) in [5, 5.41) is 12.0. The van der Waals surface area contributed by atoms with Gasteiger partial charge in [0.2, 0.25) is 10.0 Å². The van der Waals surface area contributed by atoms with Crippen molar-refractivity contribution in [2.24, 2.45) is 27.0 Å². The minimum Gasteiger partial charge on any atom is -0.269 e. The highest BCUT2D eigenvalue weighted by Gasteiger charge is 2.53. The van der Waals surface area contributed by atoms with Crippen LogP contribution in [-0.4, -0.2) is 42.6 Å². The van der Waals surface area contributed by atoms with Crippen molar-refractivity contribution < 1.29 is 17.2 Å². The third-order valence-electron chi connectivity index (χ3n) is 8.46. The van der Waals surface area contributed by atoms with Gasteiger partial charge >= 0.3 is 0 Å². The number of nitrogens with zero attached hydrogens (tertiary/aromatic N) is 5. The van der Waals surface area contributed by atoms with Gasteiger partial charge in [0.05, 0.1) is 23.2 Å². The number of hydrogen-bond donors (Lipinski definition) is 0. The van der Waals surface area contributed by atoms with Gasteiger partial charge in [-0.15, -0.1) is 0 Å². The summed E-state index contributed by atoms with van der Waals surface area (Å²) in [6.07, 6.45) is 4.54. The predicted molar refractivity (Wildman–Crippen MR) is 146 cm³/mol. The van der Waals surface area contributed by atoms with E-state index >= 15 is 0 Å². The van der Waals surface area contributed by atoms with Crippen molar-refractivity contribution in [3.05, 3.63) is 65.5 Å². The van der Waals surface area contributed by atoms with Crippen LogP contribution in [0.4, 0.5) is 8.78 Å². The predicted octanol–water partition coefficient (Wildman–Crippen LogP) is 6.62. The molecule has 208 valence electrons. The number of sulfonamides is 1. The van der Waals surface area contributed by atoms with Crippen LogP contribution in [-0.2, 0) is 16.6 Å². The van der Waals surface area contributed by atoms with Crippen LogP contribution >= 0.6 is 0 Å². The molecule has 1 saturated carbocycles. The molecular weight excluding hydrogens is 508 g/mol. The number of benzene rings is 1. The topological polar surface area (TPSA) is 79.9 Å². The van der Waals surface area contributed by atoms with Gasteiger partial charge in [-0.3, -0.25) is 4.68 Å². The Morgan fingerprint density at radius 2 is 1.89 bits per heavy atom. The molecule has 1 aromatic heterocycles. The van der Waals surface area contributed by atoms with Crippen LogP contribution < -0.4 is 0 Å². The lowest BCUT2D eigenvalue weighted by atomic mass is 9.64. The van der Waals surface area contributed by atoms with E-state index in [1.807, 2.05) is 13.8 Å². The second-order valence-corrected chi connectivity index (χ2v) is 12.6. The number of allylic oxidation sites excluding steroid dienone is 2. The number of azo groups is 1. The summed E-state index contributed by atoms with van der Waals surface area (Å²) < 4.78 is 59.6. The smallest absolute Gasteiger partial charge is 0.246 e. The summed E-state index contributed by atoms with van der Waals surface area (Å²) in [6.45, 7) is 17.3. The molecule has 2 unspecified atom stereocenters. The Labute approximate surface area is 225 Å². The number of hydrogen-bond acceptors (Lipinski definition) is 5. The van der Waals surface area contributed by atoms with Crippen molar-refractivity contribution >= 4 is 15.7 Å². The van der Waals surface area contributed by atoms with Crippen molar-refractivity contribution in [1.82, 2.24) is 14.1 Å². The molecule has 3 rings (SSSR count). The average molecular weight is 548 g/mol. The van der Waals surface area contributed by atoms with Gasteiger partial charge in [-0.25, -0.2) is 17.2 Å². The molecule has 2 atom stereocenters. The molecule has 0 aliphatic heterocycles. The highest BCUT2D eigenvalue weighted by molar-refractivity contribution is 7.89. The Morgan fingerprint density at radius 3 is 2.42 bits per heavy atom. The first-order valence-electron chi connectivity index (χ1n) is 12.9. The lowest BCUT2D eigenvalue weighted by Crippen LogP contribution is -2.46. The second-order valence-electron chi connectivity index (χ2n) is 10.7. The minimum absolute atomic E-state index is 0.0598. The van der Waals surface area contributed by atoms with Gasteiger partial charge in [0, 0.05) is 26.7 Å². The molecule has 0 spiro atoms. The first-order chi connectivity index (χ1) is 17.7. The van der Waals surface area contributed by atoms with Crippen LogP contribution in [0.3, 0.4) is 0 Å². The van der Waals surface area contributed by atoms with Gasteiger partial charge in [-0.1, -0.05) is 40.3 Å². The maximum Gasteiger partial charge on any atom is 0.246 e. The molecule has 1 aromatic carbocycles. The fourth-order valence-corrected chi connectivity index (χ4v) is 7.40. The summed E-state index contributed by atoms with van der Waals surface area (Å²) in [7, 11) is -2.31. The fourth-order valence-electron chi connectivity index (χ4n) is 5.67. The molecule has 0 bridgehead atoms. The fraction of sp³-hybridized carbons (Fsp3) is 0.536. The summed E-state index contributed by atoms with van der Waals surface area (Å²) in [5.41, 5.74) is 0.352. The van der Waals surface area contributed by atoms with Gasteiger partial charge in [-0.2, -0.15) is 19.6 Å². The van der Waals surface area contributed by atoms with Crippen molar-refractivity contribution in [1.29, 1.82) is 0 Å². The van der Waals surface area contributed by atoms with Crippen LogP contribution in [0.15, 0.2) is 57.7 Å². The van der Waals surface area contributed by atoms with E-state index in [1.165, 1.54) is 35.7 Å². The Hall–Kier alpha value is -2.72. The van der Waals surface area contributed by atoms with Gasteiger partial charge in [0.25, 0.3) is 0 Å². The highest BCUT2D eigenvalue weighted by atomic mass is 32.2. The molecule has 0 radical (unpaired) electrons. The molecule has 1 aliphatic rings. The zero-order valence-electron chi connectivity index (χ0n) is 23.4. The Bertz CT molecular complexity index is 1340. The van der Waals surface area contributed by atoms with Crippen molar-refractivity contribution in [2.45, 2.75) is 65.8 Å². The normalized spacial score (nSPS) is 22.1. The second kappa shape index (κ2) is 11.2. The molecular formula is C28H39F2N5O2S. The molecule has 0 saturated heterocycles. The molecule has 1 aliphatic carbocycles. The van der Waals surface area contributed by atoms with Gasteiger partial charge in [0.1, 0.15) is 16.5 Å². The number of rotatable bonds is 10. The summed E-state index contributed by atoms with van der Waals surface area (Å²) >= 11 is 0. The van der Waals surface area contributed by atoms with Crippen molar-refractivity contribution in [3.63, 3.8) is 0 Å². The van der Waals surface area contributed by atoms with E-state index in [9.17, 15) is 17.2 Å². The lowest BCUT2D eigenvalue weighted by Gasteiger charge is -2.44. The van der Waals surface area contributed by atoms with Crippen LogP contribution in [0.2, 0.25) is 0 Å². The monoisotopic (exact) mass is 547 g/mol. The molecule has 1 fully saturated rings. The standard InChI is InChI=1S/C28H39F2N5O2S/c1-9-34(38(36,37)25-17-32-35(10-2)20(25)4)18-28(7)15-14-21(27(28,5)6)19(3)16-24(33-31-8)26-22(29)12-11-13-23(26)30/h11-13,16-17,21H,3,9-10,14-15,18H2,1-2,4-8H3/b24-16-,33-31-. The van der Waals surface area contributed by atoms with Gasteiger partial charge < -0.3 is 0 Å². The molecule has 10 heteroatoms. The van der Waals surface area contributed by atoms with Crippen LogP contribution in [0.1, 0.15) is 58.7 Å². The maximum absolute atomic E-state index is 14.5. The Balaban J connectivity index is 1.93. The number of aromatic nitrogens is 2. The third-order valence-corrected chi connectivity index (χ3v) is 10.5. The zero-order chi connectivity index (χ0) is 28.5. The van der Waals surface area contributed by atoms with Crippen LogP contribution in [0, 0.1) is 35.3 Å². The van der Waals surface area contributed by atoms with E-state index in [0.717, 1.165) is 12.8 Å². The first-order valence-corrected chi connectivity index (χ1v) is 14.4. The summed E-state index contributed by atoms with van der Waals surface area (Å²) in [5.74, 6) is -1.51. The van der Waals surface area contributed by atoms with E-state index in [1.54, 1.807) is 17.7 Å². The lowest BCUT2D eigenvalue weighted by molar-refractivity contribution is 0.0803. The average Bonchev–Trinajstić information content (AvgIpc) is 3.33. The van der Waals surface area contributed by atoms with Crippen LogP contribution in [0.5, 0.6) is 0 Å². The van der Waals surface area contributed by atoms with Crippen molar-refractivity contribution in [2.75, 3.05) is 20.1 Å². The van der Waals surface area contributed by atoms with Crippen LogP contribution in [0.25, 0.3) is 5.70 Å². The number of aryl methyl sites for hydroxylation is 1. The molecule has 38 heavy (non-hydrogen) atoms. The van der Waals surface area contributed by atoms with E-state index in [-0.39, 0.29) is 32.9 Å². The Morgan fingerprint density at radius 1 is 1.26 bits per heavy atom. The molecule has 0 N–H and O–H groups in total. The molecule has 7 nitrogen and oxygen atoms in total. The van der Waals surface area contributed by atoms with Gasteiger partial charge in [0.15, 0.2) is 0 Å². The first kappa shape index (κ1) is 29.8. The van der Waals surface area contributed by atoms with Gasteiger partial charge in [-0.05, 0) is 67.2 Å². The molecule has 1 heterocycles. The van der Waals surface area contributed by atoms with E-state index in [4.69, 9.17) is 0 Å². The summed E-state index contributed by atoms with van der Waals surface area (Å²) in [6, 6.07) is 3.67. The SMILES string of the molecule is C=C(/C=C(\N=N/C)c1c(F)cccc1F)C1CCC(C)(CN(CC)S(=O)(=O)c2cnn(CC)c2C)C1(C)C. The highest BCUT2D eigenvalue weighted by Crippen LogP contribution is 2.58. The summed E-state index contributed by atoms with van der Waals surface area (Å²) in [4.78, 5) is 0.228.